The summed E-state index contributed by atoms with van der Waals surface area (Å²) in [6.45, 7) is 0. The fourth-order valence-electron chi connectivity index (χ4n) is 3.15. The van der Waals surface area contributed by atoms with Gasteiger partial charge in [0.25, 0.3) is 0 Å². The predicted molar refractivity (Wildman–Crippen MR) is 164 cm³/mol. The zero-order chi connectivity index (χ0) is 36.7. The largest absolute Gasteiger partial charge is 4.00 e. The van der Waals surface area contributed by atoms with Crippen LogP contribution in [-0.4, -0.2) is 48.8 Å². The Hall–Kier alpha value is -6.64. The predicted octanol–water partition coefficient (Wildman–Crippen LogP) is 0.805. The standard InChI is InChI=1S/C11H7F2N.4C6H5NO2.Ir/c12-9-6-7-14-11(10(9)13)8-4-2-1-3-5-8;4*8-6(9)5-3-1-2-4-7-5;/h1-7H;4*1-4H,(H,8,9);/q;;;;;+4/p-4. The molecule has 13 nitrogen and oxygen atoms in total. The number of hydrogen-bond acceptors (Lipinski definition) is 13. The molecule has 5 heterocycles. The normalized spacial score (nSPS) is 9.06. The Morgan fingerprint density at radius 1 is 0.412 bits per heavy atom. The smallest absolute Gasteiger partial charge is 0.543 e. The minimum absolute atomic E-state index is 0. The van der Waals surface area contributed by atoms with E-state index in [9.17, 15) is 48.4 Å². The summed E-state index contributed by atoms with van der Waals surface area (Å²) in [5.74, 6) is -6.74. The van der Waals surface area contributed by atoms with Gasteiger partial charge in [-0.05, 0) is 54.6 Å². The van der Waals surface area contributed by atoms with Crippen LogP contribution in [0.2, 0.25) is 0 Å². The SMILES string of the molecule is Fc1ccnc(-c2ccccc2)c1F.O=C([O-])c1ccccn1.O=C([O-])c1ccccn1.O=C([O-])c1ccccn1.O=C([O-])c1ccccn1.[Ir+4]. The Morgan fingerprint density at radius 3 is 0.980 bits per heavy atom. The number of rotatable bonds is 5. The van der Waals surface area contributed by atoms with E-state index in [1.165, 1.54) is 55.2 Å². The molecule has 0 spiro atoms. The first-order valence-corrected chi connectivity index (χ1v) is 13.9. The summed E-state index contributed by atoms with van der Waals surface area (Å²) in [5, 5.41) is 40.1. The zero-order valence-corrected chi connectivity index (χ0v) is 28.3. The molecule has 0 atom stereocenters. The molecule has 0 aliphatic heterocycles. The van der Waals surface area contributed by atoms with E-state index in [0.717, 1.165) is 6.07 Å². The second kappa shape index (κ2) is 23.6. The van der Waals surface area contributed by atoms with Crippen molar-refractivity contribution < 1.29 is 68.5 Å². The number of carboxylic acid groups (broad SMARTS) is 4. The van der Waals surface area contributed by atoms with Crippen molar-refractivity contribution >= 4 is 23.9 Å². The van der Waals surface area contributed by atoms with Crippen molar-refractivity contribution in [2.75, 3.05) is 0 Å². The van der Waals surface area contributed by atoms with Crippen molar-refractivity contribution in [1.29, 1.82) is 0 Å². The monoisotopic (exact) mass is 872 g/mol. The van der Waals surface area contributed by atoms with Crippen LogP contribution in [-0.2, 0) is 20.1 Å². The first-order valence-electron chi connectivity index (χ1n) is 13.9. The van der Waals surface area contributed by atoms with Gasteiger partial charge in [0.05, 0.1) is 46.7 Å². The molecule has 0 aliphatic rings. The van der Waals surface area contributed by atoms with Crippen LogP contribution in [0, 0.1) is 11.6 Å². The quantitative estimate of drug-likeness (QED) is 0.234. The summed E-state index contributed by atoms with van der Waals surface area (Å²) in [7, 11) is 0. The summed E-state index contributed by atoms with van der Waals surface area (Å²) < 4.78 is 26.1. The number of aromatic carboxylic acids is 4. The molecule has 0 N–H and O–H groups in total. The molecule has 1 radical (unpaired) electrons. The van der Waals surface area contributed by atoms with Crippen molar-refractivity contribution in [3.8, 4) is 11.3 Å². The molecule has 1 aromatic carbocycles. The van der Waals surface area contributed by atoms with E-state index in [4.69, 9.17) is 0 Å². The van der Waals surface area contributed by atoms with Crippen LogP contribution in [0.3, 0.4) is 0 Å². The fraction of sp³-hybridized carbons (Fsp3) is 0. The minimum atomic E-state index is -1.24. The van der Waals surface area contributed by atoms with Crippen molar-refractivity contribution in [3.63, 3.8) is 0 Å². The van der Waals surface area contributed by atoms with E-state index in [0.29, 0.717) is 5.56 Å². The van der Waals surface area contributed by atoms with Gasteiger partial charge >= 0.3 is 20.1 Å². The van der Waals surface area contributed by atoms with Crippen LogP contribution in [0.15, 0.2) is 140 Å². The van der Waals surface area contributed by atoms with Gasteiger partial charge in [-0.25, -0.2) is 8.78 Å². The van der Waals surface area contributed by atoms with E-state index in [2.05, 4.69) is 24.9 Å². The van der Waals surface area contributed by atoms with Gasteiger partial charge in [0.1, 0.15) is 5.69 Å². The second-order valence-corrected chi connectivity index (χ2v) is 8.83. The molecule has 0 saturated heterocycles. The van der Waals surface area contributed by atoms with E-state index in [1.54, 1.807) is 78.9 Å². The van der Waals surface area contributed by atoms with Crippen LogP contribution in [0.4, 0.5) is 8.78 Å². The molecular weight excluding hydrogens is 849 g/mol. The number of carbonyl (C=O) groups excluding carboxylic acids is 4. The molecule has 0 bridgehead atoms. The molecule has 0 saturated carbocycles. The van der Waals surface area contributed by atoms with Gasteiger partial charge in [0, 0.05) is 36.5 Å². The van der Waals surface area contributed by atoms with Crippen LogP contribution < -0.4 is 20.4 Å². The van der Waals surface area contributed by atoms with Gasteiger partial charge < -0.3 is 39.6 Å². The van der Waals surface area contributed by atoms with Crippen molar-refractivity contribution in [2.24, 2.45) is 0 Å². The molecule has 51 heavy (non-hydrogen) atoms. The van der Waals surface area contributed by atoms with Gasteiger partial charge in [-0.1, -0.05) is 54.6 Å². The third kappa shape index (κ3) is 16.3. The van der Waals surface area contributed by atoms with E-state index < -0.39 is 35.5 Å². The Labute approximate surface area is 302 Å². The van der Waals surface area contributed by atoms with Gasteiger partial charge in [-0.3, -0.25) is 24.9 Å². The third-order valence-corrected chi connectivity index (χ3v) is 5.39. The molecule has 0 fully saturated rings. The molecule has 6 aromatic rings. The van der Waals surface area contributed by atoms with Crippen molar-refractivity contribution in [2.45, 2.75) is 0 Å². The average Bonchev–Trinajstić information content (AvgIpc) is 3.15. The van der Waals surface area contributed by atoms with Gasteiger partial charge in [0.15, 0.2) is 11.6 Å². The Kier molecular flexibility index (Phi) is 19.7. The summed E-state index contributed by atoms with van der Waals surface area (Å²) in [6.07, 6.45) is 6.88. The number of carboxylic acids is 4. The maximum Gasteiger partial charge on any atom is 4.00 e. The van der Waals surface area contributed by atoms with E-state index >= 15 is 0 Å². The number of hydrogen-bond donors (Lipinski definition) is 0. The number of pyridine rings is 5. The maximum absolute atomic E-state index is 13.2. The molecule has 259 valence electrons. The van der Waals surface area contributed by atoms with Crippen LogP contribution in [0.25, 0.3) is 11.3 Å². The number of benzene rings is 1. The van der Waals surface area contributed by atoms with Gasteiger partial charge in [-0.2, -0.15) is 0 Å². The maximum atomic E-state index is 13.2. The number of halogens is 2. The molecule has 0 unspecified atom stereocenters. The van der Waals surface area contributed by atoms with E-state index in [1.807, 2.05) is 0 Å². The number of carbonyl (C=O) groups is 4. The minimum Gasteiger partial charge on any atom is -0.543 e. The summed E-state index contributed by atoms with van der Waals surface area (Å²) in [5.41, 5.74) is 0.500. The van der Waals surface area contributed by atoms with E-state index in [-0.39, 0.29) is 48.6 Å². The molecule has 16 heteroatoms. The second-order valence-electron chi connectivity index (χ2n) is 8.83. The summed E-state index contributed by atoms with van der Waals surface area (Å²) >= 11 is 0. The molecule has 0 amide bonds. The molecule has 6 rings (SSSR count). The van der Waals surface area contributed by atoms with Gasteiger partial charge in [0.2, 0.25) is 0 Å². The summed E-state index contributed by atoms with van der Waals surface area (Å²) in [4.78, 5) is 58.0. The van der Waals surface area contributed by atoms with Crippen LogP contribution in [0.1, 0.15) is 42.0 Å². The first-order chi connectivity index (χ1) is 24.0. The molecule has 5 aromatic heterocycles. The molecular formula is C35H23F2IrN5O8. The number of nitrogens with zero attached hydrogens (tertiary/aromatic N) is 5. The topological polar surface area (TPSA) is 225 Å². The Bertz CT molecular complexity index is 1740. The summed E-state index contributed by atoms with van der Waals surface area (Å²) in [6, 6.07) is 28.2. The average molecular weight is 872 g/mol. The first kappa shape index (κ1) is 42.4. The van der Waals surface area contributed by atoms with Crippen LogP contribution in [0.5, 0.6) is 0 Å². The fourth-order valence-corrected chi connectivity index (χ4v) is 3.15. The van der Waals surface area contributed by atoms with Gasteiger partial charge in [-0.15, -0.1) is 0 Å². The van der Waals surface area contributed by atoms with Crippen molar-refractivity contribution in [3.05, 3.63) is 175 Å². The number of aromatic nitrogens is 5. The third-order valence-electron chi connectivity index (χ3n) is 5.39. The van der Waals surface area contributed by atoms with Crippen molar-refractivity contribution in [1.82, 2.24) is 24.9 Å². The Balaban J connectivity index is 0.000000322. The zero-order valence-electron chi connectivity index (χ0n) is 25.9. The van der Waals surface area contributed by atoms with Crippen LogP contribution >= 0.6 is 0 Å². The molecule has 0 aliphatic carbocycles. The Morgan fingerprint density at radius 2 is 0.725 bits per heavy atom.